The Bertz CT molecular complexity index is 1280. The highest BCUT2D eigenvalue weighted by Crippen LogP contribution is 2.67. The van der Waals surface area contributed by atoms with Crippen molar-refractivity contribution in [2.75, 3.05) is 0 Å². The minimum atomic E-state index is -0.474. The molecule has 4 saturated carbocycles. The molecule has 0 aromatic heterocycles. The Kier molecular flexibility index (Phi) is 6.97. The topological polar surface area (TPSA) is 34.1 Å². The Hall–Kier alpha value is -1.70. The van der Waals surface area contributed by atoms with E-state index in [0.717, 1.165) is 62.0 Å². The van der Waals surface area contributed by atoms with Crippen LogP contribution < -0.4 is 0 Å². The molecule has 6 aliphatic carbocycles. The Morgan fingerprint density at radius 2 is 1.67 bits per heavy atom. The summed E-state index contributed by atoms with van der Waals surface area (Å²) in [5.74, 6) is 2.55. The van der Waals surface area contributed by atoms with Gasteiger partial charge in [0.1, 0.15) is 5.78 Å². The molecule has 0 spiro atoms. The van der Waals surface area contributed by atoms with Crippen molar-refractivity contribution in [2.24, 2.45) is 56.2 Å². The van der Waals surface area contributed by atoms with Gasteiger partial charge >= 0.3 is 0 Å². The first-order valence-corrected chi connectivity index (χ1v) is 17.3. The third-order valence-corrected chi connectivity index (χ3v) is 15.1. The lowest BCUT2D eigenvalue weighted by atomic mass is 9.43. The molecule has 0 bridgehead atoms. The molecule has 0 heterocycles. The molecule has 0 N–H and O–H groups in total. The van der Waals surface area contributed by atoms with Crippen LogP contribution >= 0.6 is 0 Å². The highest BCUT2D eigenvalue weighted by molar-refractivity contribution is 6.12. The molecule has 2 nitrogen and oxygen atoms in total. The Labute approximate surface area is 257 Å². The molecule has 6 aliphatic rings. The number of carbonyl (C=O) groups excluding carboxylic acids is 2. The fourth-order valence-corrected chi connectivity index (χ4v) is 12.0. The van der Waals surface area contributed by atoms with Crippen molar-refractivity contribution < 1.29 is 9.59 Å². The van der Waals surface area contributed by atoms with Crippen LogP contribution in [-0.4, -0.2) is 11.6 Å². The Morgan fingerprint density at radius 3 is 2.38 bits per heavy atom. The number of hydrogen-bond acceptors (Lipinski definition) is 2. The van der Waals surface area contributed by atoms with Crippen LogP contribution in [0.15, 0.2) is 48.1 Å². The van der Waals surface area contributed by atoms with Gasteiger partial charge in [0, 0.05) is 22.8 Å². The maximum absolute atomic E-state index is 14.2. The second kappa shape index (κ2) is 9.65. The molecule has 9 atom stereocenters. The van der Waals surface area contributed by atoms with Crippen LogP contribution in [0, 0.1) is 56.2 Å². The Balaban J connectivity index is 1.27. The molecule has 2 heteroatoms. The third-order valence-electron chi connectivity index (χ3n) is 15.1. The highest BCUT2D eigenvalue weighted by atomic mass is 16.1. The second-order valence-electron chi connectivity index (χ2n) is 18.0. The lowest BCUT2D eigenvalue weighted by Gasteiger charge is -2.61. The van der Waals surface area contributed by atoms with E-state index in [1.165, 1.54) is 32.1 Å². The van der Waals surface area contributed by atoms with E-state index in [4.69, 9.17) is 0 Å². The summed E-state index contributed by atoms with van der Waals surface area (Å²) in [6, 6.07) is 0. The van der Waals surface area contributed by atoms with Crippen LogP contribution in [-0.2, 0) is 9.59 Å². The summed E-state index contributed by atoms with van der Waals surface area (Å²) in [5.41, 5.74) is 3.45. The van der Waals surface area contributed by atoms with Crippen LogP contribution in [0.4, 0.5) is 0 Å². The van der Waals surface area contributed by atoms with E-state index in [1.807, 2.05) is 0 Å². The smallest absolute Gasteiger partial charge is 0.185 e. The minimum absolute atomic E-state index is 0.0540. The van der Waals surface area contributed by atoms with Gasteiger partial charge in [-0.25, -0.2) is 0 Å². The normalized spacial score (nSPS) is 48.1. The van der Waals surface area contributed by atoms with E-state index < -0.39 is 5.41 Å². The number of allylic oxidation sites excluding steroid dienone is 6. The standard InChI is InChI=1S/C40H58O2/c1-10-36(5)20-21-39(8)29(25-36)14-19-38(7)26(2)34(42)28(22-32(38)39)23-33(41)37(6)18-15-30-27(24-37)12-13-31-35(3,4)16-11-17-40(30,31)9/h10,22,24,29-32H,1-2,11-21,23,25H2,3-9H3/t29-,30-,31-,32-,36-,37+,38+,39-,40+/m1/s1. The van der Waals surface area contributed by atoms with Gasteiger partial charge in [0.25, 0.3) is 0 Å². The summed E-state index contributed by atoms with van der Waals surface area (Å²) in [5, 5.41) is 0. The zero-order valence-electron chi connectivity index (χ0n) is 28.0. The van der Waals surface area contributed by atoms with Crippen molar-refractivity contribution in [2.45, 2.75) is 132 Å². The number of Topliss-reactive ketones (excluding diaryl/α,β-unsaturated/α-hetero) is 2. The molecule has 6 rings (SSSR count). The van der Waals surface area contributed by atoms with Crippen molar-refractivity contribution in [3.8, 4) is 0 Å². The SMILES string of the molecule is C=C[C@]1(C)CC[C@]2(C)[C@H](CC[C@@]3(C)C(=C)C(=O)C(CC(=O)[C@]4(C)C=C5CC[C@@H]6C(C)(C)CCC[C@@]6(C)[C@@H]5CC4)=C[C@@H]23)C1. The Morgan fingerprint density at radius 1 is 0.929 bits per heavy atom. The summed E-state index contributed by atoms with van der Waals surface area (Å²) < 4.78 is 0. The number of hydrogen-bond donors (Lipinski definition) is 0. The molecule has 0 unspecified atom stereocenters. The number of carbonyl (C=O) groups is 2. The molecule has 0 aromatic carbocycles. The second-order valence-corrected chi connectivity index (χ2v) is 18.0. The van der Waals surface area contributed by atoms with Crippen molar-refractivity contribution >= 4 is 11.6 Å². The average molecular weight is 571 g/mol. The zero-order chi connectivity index (χ0) is 30.5. The summed E-state index contributed by atoms with van der Waals surface area (Å²) in [6.45, 7) is 25.4. The first-order chi connectivity index (χ1) is 19.5. The largest absolute Gasteiger partial charge is 0.298 e. The number of rotatable bonds is 4. The van der Waals surface area contributed by atoms with Crippen LogP contribution in [0.2, 0.25) is 0 Å². The summed E-state index contributed by atoms with van der Waals surface area (Å²) >= 11 is 0. The van der Waals surface area contributed by atoms with E-state index in [2.05, 4.69) is 79.9 Å². The first-order valence-electron chi connectivity index (χ1n) is 17.3. The van der Waals surface area contributed by atoms with Gasteiger partial charge in [-0.15, -0.1) is 6.58 Å². The fourth-order valence-electron chi connectivity index (χ4n) is 12.0. The van der Waals surface area contributed by atoms with E-state index >= 15 is 0 Å². The van der Waals surface area contributed by atoms with E-state index in [0.29, 0.717) is 22.7 Å². The molecule has 0 aliphatic heterocycles. The van der Waals surface area contributed by atoms with Gasteiger partial charge in [0.15, 0.2) is 5.78 Å². The molecule has 0 radical (unpaired) electrons. The van der Waals surface area contributed by atoms with E-state index in [9.17, 15) is 9.59 Å². The van der Waals surface area contributed by atoms with E-state index in [-0.39, 0.29) is 40.2 Å². The lowest BCUT2D eigenvalue weighted by Crippen LogP contribution is -2.54. The molecular formula is C40H58O2. The van der Waals surface area contributed by atoms with Gasteiger partial charge in [0.2, 0.25) is 0 Å². The van der Waals surface area contributed by atoms with Crippen molar-refractivity contribution in [3.63, 3.8) is 0 Å². The van der Waals surface area contributed by atoms with Crippen LogP contribution in [0.3, 0.4) is 0 Å². The molecular weight excluding hydrogens is 512 g/mol. The average Bonchev–Trinajstić information content (AvgIpc) is 2.93. The third kappa shape index (κ3) is 4.30. The van der Waals surface area contributed by atoms with Crippen molar-refractivity contribution in [3.05, 3.63) is 48.1 Å². The van der Waals surface area contributed by atoms with Crippen molar-refractivity contribution in [1.82, 2.24) is 0 Å². The molecule has 0 saturated heterocycles. The van der Waals surface area contributed by atoms with E-state index in [1.54, 1.807) is 5.57 Å². The lowest BCUT2D eigenvalue weighted by molar-refractivity contribution is -0.128. The fraction of sp³-hybridized carbons (Fsp3) is 0.750. The van der Waals surface area contributed by atoms with Gasteiger partial charge in [-0.3, -0.25) is 9.59 Å². The number of fused-ring (bicyclic) bond motifs is 6. The zero-order valence-corrected chi connectivity index (χ0v) is 28.0. The van der Waals surface area contributed by atoms with Gasteiger partial charge in [-0.05, 0) is 128 Å². The van der Waals surface area contributed by atoms with Gasteiger partial charge in [-0.2, -0.15) is 0 Å². The van der Waals surface area contributed by atoms with Gasteiger partial charge in [0.05, 0.1) is 0 Å². The molecule has 230 valence electrons. The van der Waals surface area contributed by atoms with Crippen molar-refractivity contribution in [1.29, 1.82) is 0 Å². The van der Waals surface area contributed by atoms with Gasteiger partial charge in [-0.1, -0.05) is 78.3 Å². The monoisotopic (exact) mass is 570 g/mol. The number of ketones is 2. The maximum atomic E-state index is 14.2. The maximum Gasteiger partial charge on any atom is 0.185 e. The van der Waals surface area contributed by atoms with Crippen LogP contribution in [0.25, 0.3) is 0 Å². The van der Waals surface area contributed by atoms with Crippen LogP contribution in [0.5, 0.6) is 0 Å². The van der Waals surface area contributed by atoms with Gasteiger partial charge < -0.3 is 0 Å². The minimum Gasteiger partial charge on any atom is -0.298 e. The molecule has 0 aromatic rings. The molecule has 0 amide bonds. The predicted octanol–water partition coefficient (Wildman–Crippen LogP) is 10.4. The summed E-state index contributed by atoms with van der Waals surface area (Å²) in [7, 11) is 0. The molecule has 4 fully saturated rings. The summed E-state index contributed by atoms with van der Waals surface area (Å²) in [4.78, 5) is 28.1. The summed E-state index contributed by atoms with van der Waals surface area (Å²) in [6.07, 6.45) is 21.1. The highest BCUT2D eigenvalue weighted by Gasteiger charge is 2.59. The first kappa shape index (κ1) is 30.3. The molecule has 42 heavy (non-hydrogen) atoms. The predicted molar refractivity (Wildman–Crippen MR) is 174 cm³/mol. The van der Waals surface area contributed by atoms with Crippen LogP contribution in [0.1, 0.15) is 132 Å². The quantitative estimate of drug-likeness (QED) is 0.249.